The fraction of sp³-hybridized carbons (Fsp3) is 0.300. The Kier molecular flexibility index (Phi) is 2.35. The number of pyridine rings is 1. The molecule has 1 aliphatic heterocycles. The van der Waals surface area contributed by atoms with Crippen molar-refractivity contribution in [3.05, 3.63) is 23.4 Å². The van der Waals surface area contributed by atoms with Gasteiger partial charge in [0.2, 0.25) is 5.54 Å². The lowest BCUT2D eigenvalue weighted by atomic mass is 9.98. The Morgan fingerprint density at radius 1 is 1.62 bits per heavy atom. The Hall–Kier alpha value is -1.62. The van der Waals surface area contributed by atoms with Crippen molar-refractivity contribution in [1.82, 2.24) is 0 Å². The summed E-state index contributed by atoms with van der Waals surface area (Å²) in [7, 11) is 0. The Morgan fingerprint density at radius 3 is 2.94 bits per heavy atom. The lowest BCUT2D eigenvalue weighted by Gasteiger charge is -2.18. The van der Waals surface area contributed by atoms with Gasteiger partial charge in [0, 0.05) is 18.5 Å². The normalized spacial score (nSPS) is 22.8. The second kappa shape index (κ2) is 3.45. The van der Waals surface area contributed by atoms with E-state index in [4.69, 9.17) is 11.6 Å². The average molecular weight is 241 g/mol. The molecule has 0 spiro atoms. The number of carboxylic acids is 1. The molecule has 1 amide bonds. The Morgan fingerprint density at radius 2 is 2.31 bits per heavy atom. The molecule has 6 heteroatoms. The number of carboxylic acid groups (broad SMARTS) is 1. The van der Waals surface area contributed by atoms with Crippen LogP contribution in [0.2, 0.25) is 5.02 Å². The van der Waals surface area contributed by atoms with Crippen molar-refractivity contribution in [2.75, 3.05) is 5.32 Å². The monoisotopic (exact) mass is 240 g/mol. The van der Waals surface area contributed by atoms with Crippen LogP contribution in [0.15, 0.2) is 18.3 Å². The molecule has 16 heavy (non-hydrogen) atoms. The van der Waals surface area contributed by atoms with E-state index in [2.05, 4.69) is 5.32 Å². The maximum Gasteiger partial charge on any atom is 0.355 e. The lowest BCUT2D eigenvalue weighted by molar-refractivity contribution is -0.725. The molecule has 5 nitrogen and oxygen atoms in total. The van der Waals surface area contributed by atoms with Gasteiger partial charge in [-0.15, -0.1) is 0 Å². The van der Waals surface area contributed by atoms with Crippen LogP contribution in [0.3, 0.4) is 0 Å². The van der Waals surface area contributed by atoms with Gasteiger partial charge in [0.1, 0.15) is 6.20 Å². The van der Waals surface area contributed by atoms with Crippen LogP contribution in [0.5, 0.6) is 0 Å². The predicted octanol–water partition coefficient (Wildman–Crippen LogP) is -0.565. The lowest BCUT2D eigenvalue weighted by Crippen LogP contribution is -2.57. The van der Waals surface area contributed by atoms with Crippen LogP contribution in [-0.2, 0) is 15.1 Å². The minimum atomic E-state index is -1.28. The number of anilines is 1. The summed E-state index contributed by atoms with van der Waals surface area (Å²) < 4.78 is 1.52. The van der Waals surface area contributed by atoms with Gasteiger partial charge in [0.05, 0.1) is 5.02 Å². The summed E-state index contributed by atoms with van der Waals surface area (Å²) >= 11 is 5.81. The summed E-state index contributed by atoms with van der Waals surface area (Å²) in [4.78, 5) is 22.4. The van der Waals surface area contributed by atoms with Crippen molar-refractivity contribution in [3.8, 4) is 0 Å². The number of amides is 1. The standard InChI is InChI=1S/C10H9ClN2O3/c1-10(4-8(14)15)9(16)12-7-3-2-6(11)5-13(7)10/h2-3,5H,4H2,1H3,(H,14,15). The Bertz CT molecular complexity index is 489. The molecule has 0 aliphatic carbocycles. The first-order valence-electron chi connectivity index (χ1n) is 4.66. The zero-order chi connectivity index (χ0) is 11.9. The second-order valence-electron chi connectivity index (χ2n) is 3.88. The molecular formula is C10H9ClN2O3. The van der Waals surface area contributed by atoms with Gasteiger partial charge in [-0.25, -0.2) is 14.7 Å². The molecule has 0 saturated carbocycles. The van der Waals surface area contributed by atoms with Crippen LogP contribution >= 0.6 is 11.6 Å². The molecule has 0 fully saturated rings. The summed E-state index contributed by atoms with van der Waals surface area (Å²) in [5.41, 5.74) is -1.18. The number of hydrogen-bond acceptors (Lipinski definition) is 3. The SMILES string of the molecule is CC1(CC(=O)[O-])C(=O)Nc2ccc(Cl)c[n+]21. The number of aromatic nitrogens is 1. The number of hydrogen-bond donors (Lipinski definition) is 1. The molecule has 1 N–H and O–H groups in total. The summed E-state index contributed by atoms with van der Waals surface area (Å²) in [5, 5.41) is 13.7. The van der Waals surface area contributed by atoms with Crippen molar-refractivity contribution in [1.29, 1.82) is 0 Å². The zero-order valence-corrected chi connectivity index (χ0v) is 9.25. The van der Waals surface area contributed by atoms with E-state index >= 15 is 0 Å². The van der Waals surface area contributed by atoms with E-state index in [-0.39, 0.29) is 5.91 Å². The maximum atomic E-state index is 11.7. The Balaban J connectivity index is 2.53. The van der Waals surface area contributed by atoms with Crippen LogP contribution in [0.1, 0.15) is 13.3 Å². The third kappa shape index (κ3) is 1.53. The molecule has 0 aromatic carbocycles. The van der Waals surface area contributed by atoms with E-state index < -0.39 is 17.9 Å². The summed E-state index contributed by atoms with van der Waals surface area (Å²) in [6, 6.07) is 3.25. The highest BCUT2D eigenvalue weighted by Gasteiger charge is 2.50. The number of nitrogens with one attached hydrogen (secondary N) is 1. The van der Waals surface area contributed by atoms with E-state index in [1.54, 1.807) is 12.1 Å². The number of aliphatic carboxylic acids is 1. The van der Waals surface area contributed by atoms with Crippen LogP contribution in [0, 0.1) is 0 Å². The Labute approximate surface area is 96.7 Å². The van der Waals surface area contributed by atoms with Gasteiger partial charge in [0.15, 0.2) is 0 Å². The van der Waals surface area contributed by atoms with Gasteiger partial charge < -0.3 is 9.90 Å². The highest BCUT2D eigenvalue weighted by Crippen LogP contribution is 2.25. The zero-order valence-electron chi connectivity index (χ0n) is 8.49. The number of halogens is 1. The van der Waals surface area contributed by atoms with Crippen molar-refractivity contribution in [2.45, 2.75) is 18.9 Å². The van der Waals surface area contributed by atoms with Gasteiger partial charge in [0.25, 0.3) is 5.82 Å². The van der Waals surface area contributed by atoms with Crippen LogP contribution in [0.25, 0.3) is 0 Å². The minimum absolute atomic E-state index is 0.376. The molecule has 2 heterocycles. The highest BCUT2D eigenvalue weighted by atomic mass is 35.5. The summed E-state index contributed by atoms with van der Waals surface area (Å²) in [6.45, 7) is 1.53. The highest BCUT2D eigenvalue weighted by molar-refractivity contribution is 6.30. The maximum absolute atomic E-state index is 11.7. The van der Waals surface area contributed by atoms with Gasteiger partial charge >= 0.3 is 5.91 Å². The smallest absolute Gasteiger partial charge is 0.355 e. The van der Waals surface area contributed by atoms with Crippen LogP contribution in [-0.4, -0.2) is 11.9 Å². The third-order valence-electron chi connectivity index (χ3n) is 2.66. The van der Waals surface area contributed by atoms with E-state index in [0.717, 1.165) is 0 Å². The van der Waals surface area contributed by atoms with Crippen LogP contribution < -0.4 is 15.0 Å². The molecule has 1 aromatic rings. The van der Waals surface area contributed by atoms with E-state index in [1.807, 2.05) is 0 Å². The van der Waals surface area contributed by atoms with Crippen molar-refractivity contribution in [3.63, 3.8) is 0 Å². The summed E-state index contributed by atoms with van der Waals surface area (Å²) in [5.74, 6) is -1.13. The molecular weight excluding hydrogens is 232 g/mol. The second-order valence-corrected chi connectivity index (χ2v) is 4.32. The molecule has 84 valence electrons. The first-order valence-corrected chi connectivity index (χ1v) is 5.04. The predicted molar refractivity (Wildman–Crippen MR) is 53.5 cm³/mol. The van der Waals surface area contributed by atoms with Gasteiger partial charge in [-0.3, -0.25) is 0 Å². The molecule has 0 radical (unpaired) electrons. The van der Waals surface area contributed by atoms with E-state index in [1.165, 1.54) is 17.7 Å². The topological polar surface area (TPSA) is 73.1 Å². The molecule has 1 atom stereocenters. The number of carbonyl (C=O) groups excluding carboxylic acids is 2. The number of carbonyl (C=O) groups is 2. The quantitative estimate of drug-likeness (QED) is 0.704. The number of fused-ring (bicyclic) bond motifs is 1. The van der Waals surface area contributed by atoms with Crippen molar-refractivity contribution >= 4 is 29.3 Å². The fourth-order valence-electron chi connectivity index (χ4n) is 1.79. The van der Waals surface area contributed by atoms with Gasteiger partial charge in [-0.05, 0) is 13.0 Å². The largest absolute Gasteiger partial charge is 0.550 e. The van der Waals surface area contributed by atoms with E-state index in [0.29, 0.717) is 10.8 Å². The van der Waals surface area contributed by atoms with E-state index in [9.17, 15) is 14.7 Å². The molecule has 1 aliphatic rings. The van der Waals surface area contributed by atoms with Crippen molar-refractivity contribution < 1.29 is 19.3 Å². The fourth-order valence-corrected chi connectivity index (χ4v) is 1.95. The first kappa shape index (κ1) is 10.9. The number of nitrogens with zero attached hydrogens (tertiary/aromatic N) is 1. The molecule has 1 aromatic heterocycles. The van der Waals surface area contributed by atoms with Crippen LogP contribution in [0.4, 0.5) is 5.82 Å². The minimum Gasteiger partial charge on any atom is -0.550 e. The van der Waals surface area contributed by atoms with Gasteiger partial charge in [-0.2, -0.15) is 0 Å². The molecule has 0 bridgehead atoms. The molecule has 2 rings (SSSR count). The average Bonchev–Trinajstić information content (AvgIpc) is 2.40. The first-order chi connectivity index (χ1) is 7.43. The third-order valence-corrected chi connectivity index (χ3v) is 2.89. The summed E-state index contributed by atoms with van der Waals surface area (Å²) in [6.07, 6.45) is 1.13. The molecule has 1 unspecified atom stereocenters. The molecule has 0 saturated heterocycles. The van der Waals surface area contributed by atoms with Gasteiger partial charge in [-0.1, -0.05) is 11.6 Å². The van der Waals surface area contributed by atoms with Crippen molar-refractivity contribution in [2.24, 2.45) is 0 Å². The number of rotatable bonds is 2.